The summed E-state index contributed by atoms with van der Waals surface area (Å²) in [6.07, 6.45) is 4.28. The van der Waals surface area contributed by atoms with Gasteiger partial charge < -0.3 is 15.7 Å². The van der Waals surface area contributed by atoms with Crippen molar-refractivity contribution in [2.75, 3.05) is 31.9 Å². The molecule has 2 saturated heterocycles. The number of rotatable bonds is 7. The summed E-state index contributed by atoms with van der Waals surface area (Å²) in [6.45, 7) is 9.93. The van der Waals surface area contributed by atoms with Crippen LogP contribution in [0.3, 0.4) is 0 Å². The van der Waals surface area contributed by atoms with Gasteiger partial charge in [0, 0.05) is 37.5 Å². The molecule has 28 heavy (non-hydrogen) atoms. The van der Waals surface area contributed by atoms with E-state index in [-0.39, 0.29) is 6.10 Å². The van der Waals surface area contributed by atoms with Gasteiger partial charge in [0.2, 0.25) is 0 Å². The molecule has 3 N–H and O–H groups in total. The molecule has 2 aliphatic heterocycles. The van der Waals surface area contributed by atoms with Gasteiger partial charge in [-0.1, -0.05) is 24.3 Å². The smallest absolute Gasteiger partial charge is 0.191 e. The van der Waals surface area contributed by atoms with E-state index in [2.05, 4.69) is 65.4 Å². The first-order valence-corrected chi connectivity index (χ1v) is 11.7. The molecule has 0 spiro atoms. The third-order valence-corrected chi connectivity index (χ3v) is 7.22. The highest BCUT2D eigenvalue weighted by molar-refractivity contribution is 8.00. The highest BCUT2D eigenvalue weighted by Crippen LogP contribution is 2.36. The Hall–Kier alpha value is -1.24. The molecule has 1 aromatic rings. The molecule has 6 heteroatoms. The van der Waals surface area contributed by atoms with Gasteiger partial charge in [-0.2, -0.15) is 11.8 Å². The molecule has 1 aromatic carbocycles. The highest BCUT2D eigenvalue weighted by Gasteiger charge is 2.29. The number of nitrogens with zero attached hydrogens (tertiary/aromatic N) is 2. The van der Waals surface area contributed by atoms with Gasteiger partial charge >= 0.3 is 0 Å². The zero-order valence-electron chi connectivity index (χ0n) is 17.4. The van der Waals surface area contributed by atoms with Gasteiger partial charge in [0.15, 0.2) is 5.96 Å². The molecule has 0 aromatic heterocycles. The van der Waals surface area contributed by atoms with Crippen LogP contribution in [0.25, 0.3) is 0 Å². The quantitative estimate of drug-likeness (QED) is 0.482. The molecule has 0 bridgehead atoms. The number of likely N-dealkylation sites (tertiary alicyclic amines) is 1. The number of aliphatic imine (C=N–C) groups is 1. The number of aliphatic hydroxyl groups is 1. The molecule has 156 valence electrons. The van der Waals surface area contributed by atoms with Crippen LogP contribution in [-0.4, -0.2) is 58.7 Å². The van der Waals surface area contributed by atoms with Crippen molar-refractivity contribution in [3.8, 4) is 0 Å². The van der Waals surface area contributed by atoms with Crippen LogP contribution < -0.4 is 10.6 Å². The Labute approximate surface area is 174 Å². The Balaban J connectivity index is 1.49. The van der Waals surface area contributed by atoms with Gasteiger partial charge in [-0.3, -0.25) is 4.90 Å². The standard InChI is InChI=1S/C22H36N4OS/c1-3-23-21(25-17-22(2)11-4-14-28-22)24-15-18-5-7-19(8-6-18)16-26-12-9-20(27)10-13-26/h5-8,20,27H,3-4,9-17H2,1-2H3,(H2,23,24,25). The number of aliphatic hydroxyl groups excluding tert-OH is 1. The molecular formula is C22H36N4OS. The van der Waals surface area contributed by atoms with E-state index in [0.717, 1.165) is 51.5 Å². The van der Waals surface area contributed by atoms with Gasteiger partial charge in [-0.15, -0.1) is 0 Å². The summed E-state index contributed by atoms with van der Waals surface area (Å²) in [5.74, 6) is 2.18. The second-order valence-corrected chi connectivity index (χ2v) is 9.96. The van der Waals surface area contributed by atoms with Crippen molar-refractivity contribution in [3.05, 3.63) is 35.4 Å². The molecule has 1 atom stereocenters. The minimum absolute atomic E-state index is 0.106. The number of guanidine groups is 1. The SMILES string of the molecule is CCNC(=NCc1ccc(CN2CCC(O)CC2)cc1)NCC1(C)CCCS1. The third-order valence-electron chi connectivity index (χ3n) is 5.68. The Morgan fingerprint density at radius 1 is 1.21 bits per heavy atom. The van der Waals surface area contributed by atoms with Crippen LogP contribution in [0.15, 0.2) is 29.3 Å². The van der Waals surface area contributed by atoms with E-state index in [1.165, 1.54) is 29.7 Å². The lowest BCUT2D eigenvalue weighted by molar-refractivity contribution is 0.0792. The predicted octanol–water partition coefficient (Wildman–Crippen LogP) is 2.98. The van der Waals surface area contributed by atoms with E-state index in [9.17, 15) is 5.11 Å². The average molecular weight is 405 g/mol. The molecule has 0 radical (unpaired) electrons. The maximum Gasteiger partial charge on any atom is 0.191 e. The van der Waals surface area contributed by atoms with Crippen molar-refractivity contribution in [3.63, 3.8) is 0 Å². The van der Waals surface area contributed by atoms with E-state index >= 15 is 0 Å². The Bertz CT molecular complexity index is 620. The Kier molecular flexibility index (Phi) is 8.06. The Morgan fingerprint density at radius 2 is 1.93 bits per heavy atom. The lowest BCUT2D eigenvalue weighted by Crippen LogP contribution is -2.43. The van der Waals surface area contributed by atoms with Crippen molar-refractivity contribution in [1.29, 1.82) is 0 Å². The van der Waals surface area contributed by atoms with Crippen molar-refractivity contribution >= 4 is 17.7 Å². The van der Waals surface area contributed by atoms with Crippen molar-refractivity contribution in [1.82, 2.24) is 15.5 Å². The van der Waals surface area contributed by atoms with Crippen LogP contribution in [0.2, 0.25) is 0 Å². The minimum Gasteiger partial charge on any atom is -0.393 e. The first kappa shape index (κ1) is 21.5. The van der Waals surface area contributed by atoms with E-state index in [1.54, 1.807) is 0 Å². The fraction of sp³-hybridized carbons (Fsp3) is 0.682. The van der Waals surface area contributed by atoms with Crippen LogP contribution in [0.4, 0.5) is 0 Å². The molecule has 0 amide bonds. The fourth-order valence-electron chi connectivity index (χ4n) is 3.84. The topological polar surface area (TPSA) is 59.9 Å². The number of thioether (sulfide) groups is 1. The van der Waals surface area contributed by atoms with Crippen LogP contribution in [0, 0.1) is 0 Å². The summed E-state index contributed by atoms with van der Waals surface area (Å²) in [6, 6.07) is 8.81. The van der Waals surface area contributed by atoms with Gasteiger partial charge in [-0.25, -0.2) is 4.99 Å². The molecule has 5 nitrogen and oxygen atoms in total. The maximum absolute atomic E-state index is 9.63. The summed E-state index contributed by atoms with van der Waals surface area (Å²) in [5, 5.41) is 16.5. The van der Waals surface area contributed by atoms with Crippen LogP contribution >= 0.6 is 11.8 Å². The zero-order valence-corrected chi connectivity index (χ0v) is 18.2. The minimum atomic E-state index is -0.106. The highest BCUT2D eigenvalue weighted by atomic mass is 32.2. The second-order valence-electron chi connectivity index (χ2n) is 8.27. The largest absolute Gasteiger partial charge is 0.393 e. The van der Waals surface area contributed by atoms with Crippen molar-refractivity contribution < 1.29 is 5.11 Å². The van der Waals surface area contributed by atoms with Crippen LogP contribution in [-0.2, 0) is 13.1 Å². The molecule has 0 saturated carbocycles. The molecule has 1 unspecified atom stereocenters. The van der Waals surface area contributed by atoms with Gasteiger partial charge in [0.25, 0.3) is 0 Å². The molecule has 3 rings (SSSR count). The molecule has 2 heterocycles. The number of piperidine rings is 1. The summed E-state index contributed by atoms with van der Waals surface area (Å²) < 4.78 is 0.336. The van der Waals surface area contributed by atoms with E-state index in [4.69, 9.17) is 4.99 Å². The number of benzene rings is 1. The van der Waals surface area contributed by atoms with Gasteiger partial charge in [-0.05, 0) is 56.4 Å². The predicted molar refractivity (Wildman–Crippen MR) is 120 cm³/mol. The third kappa shape index (κ3) is 6.68. The van der Waals surface area contributed by atoms with Gasteiger partial charge in [0.1, 0.15) is 0 Å². The average Bonchev–Trinajstić information content (AvgIpc) is 3.14. The van der Waals surface area contributed by atoms with E-state index in [0.29, 0.717) is 11.3 Å². The number of nitrogens with one attached hydrogen (secondary N) is 2. The van der Waals surface area contributed by atoms with E-state index < -0.39 is 0 Å². The fourth-order valence-corrected chi connectivity index (χ4v) is 5.09. The first-order chi connectivity index (χ1) is 13.6. The van der Waals surface area contributed by atoms with Crippen molar-refractivity contribution in [2.45, 2.75) is 63.5 Å². The normalized spacial score (nSPS) is 24.5. The lowest BCUT2D eigenvalue weighted by Gasteiger charge is -2.29. The first-order valence-electron chi connectivity index (χ1n) is 10.7. The maximum atomic E-state index is 9.63. The molecule has 0 aliphatic carbocycles. The molecule has 2 fully saturated rings. The summed E-state index contributed by atoms with van der Waals surface area (Å²) >= 11 is 2.07. The lowest BCUT2D eigenvalue weighted by atomic mass is 10.1. The number of hydrogen-bond donors (Lipinski definition) is 3. The monoisotopic (exact) mass is 404 g/mol. The van der Waals surface area contributed by atoms with Crippen LogP contribution in [0.5, 0.6) is 0 Å². The summed E-state index contributed by atoms with van der Waals surface area (Å²) in [4.78, 5) is 7.20. The number of hydrogen-bond acceptors (Lipinski definition) is 4. The van der Waals surface area contributed by atoms with Crippen molar-refractivity contribution in [2.24, 2.45) is 4.99 Å². The second kappa shape index (κ2) is 10.5. The molecular weight excluding hydrogens is 368 g/mol. The van der Waals surface area contributed by atoms with E-state index in [1.807, 2.05) is 0 Å². The van der Waals surface area contributed by atoms with Gasteiger partial charge in [0.05, 0.1) is 12.6 Å². The molecule has 2 aliphatic rings. The van der Waals surface area contributed by atoms with Crippen LogP contribution in [0.1, 0.15) is 50.7 Å². The zero-order chi connectivity index (χ0) is 19.8. The Morgan fingerprint density at radius 3 is 2.57 bits per heavy atom. The summed E-state index contributed by atoms with van der Waals surface area (Å²) in [5.41, 5.74) is 2.57. The summed E-state index contributed by atoms with van der Waals surface area (Å²) in [7, 11) is 0.